The highest BCUT2D eigenvalue weighted by molar-refractivity contribution is 5.48. The molecule has 6 heteroatoms. The predicted octanol–water partition coefficient (Wildman–Crippen LogP) is 3.36. The lowest BCUT2D eigenvalue weighted by Crippen LogP contribution is -2.17. The Hall–Kier alpha value is -1.46. The fraction of sp³-hybridized carbons (Fsp3) is 0.400. The van der Waals surface area contributed by atoms with E-state index < -0.39 is 13.0 Å². The number of halogens is 4. The quantitative estimate of drug-likeness (QED) is 0.626. The molecule has 0 amide bonds. The van der Waals surface area contributed by atoms with Crippen LogP contribution in [-0.2, 0) is 0 Å². The lowest BCUT2D eigenvalue weighted by molar-refractivity contribution is -0.274. The molecule has 1 rings (SSSR count). The topological polar surface area (TPSA) is 21.3 Å². The van der Waals surface area contributed by atoms with E-state index in [-0.39, 0.29) is 5.75 Å². The molecule has 1 aromatic rings. The molecule has 90 valence electrons. The number of benzene rings is 1. The minimum atomic E-state index is -4.70. The maximum absolute atomic E-state index is 11.9. The molecule has 1 N–H and O–H groups in total. The second kappa shape index (κ2) is 5.58. The van der Waals surface area contributed by atoms with Crippen LogP contribution in [0.5, 0.6) is 5.75 Å². The molecule has 0 unspecified atom stereocenters. The predicted molar refractivity (Wildman–Crippen MR) is 52.2 cm³/mol. The van der Waals surface area contributed by atoms with Gasteiger partial charge in [0.2, 0.25) is 0 Å². The molecule has 0 saturated carbocycles. The first kappa shape index (κ1) is 12.6. The standard InChI is InChI=1S/C10H11F4NO/c11-5-2-6-15-8-3-1-4-9(7-8)16-10(12,13)14/h1,3-4,7,15H,2,5-6H2. The van der Waals surface area contributed by atoms with E-state index >= 15 is 0 Å². The van der Waals surface area contributed by atoms with Crippen molar-refractivity contribution in [3.8, 4) is 5.75 Å². The molecule has 0 heterocycles. The van der Waals surface area contributed by atoms with Crippen LogP contribution in [0.2, 0.25) is 0 Å². The van der Waals surface area contributed by atoms with Crippen LogP contribution in [0.4, 0.5) is 23.2 Å². The smallest absolute Gasteiger partial charge is 0.406 e. The highest BCUT2D eigenvalue weighted by Crippen LogP contribution is 2.24. The Bertz CT molecular complexity index is 327. The van der Waals surface area contributed by atoms with Crippen LogP contribution in [0.3, 0.4) is 0 Å². The van der Waals surface area contributed by atoms with Gasteiger partial charge in [0, 0.05) is 18.3 Å². The zero-order valence-electron chi connectivity index (χ0n) is 8.35. The number of nitrogens with one attached hydrogen (secondary N) is 1. The average Bonchev–Trinajstić information content (AvgIpc) is 2.16. The molecule has 0 fully saturated rings. The molecule has 0 aliphatic heterocycles. The summed E-state index contributed by atoms with van der Waals surface area (Å²) in [7, 11) is 0. The van der Waals surface area contributed by atoms with Gasteiger partial charge in [-0.25, -0.2) is 0 Å². The van der Waals surface area contributed by atoms with Gasteiger partial charge in [-0.1, -0.05) is 6.07 Å². The summed E-state index contributed by atoms with van der Waals surface area (Å²) in [6.07, 6.45) is -4.39. The lowest BCUT2D eigenvalue weighted by atomic mass is 10.3. The second-order valence-corrected chi connectivity index (χ2v) is 3.04. The third kappa shape index (κ3) is 4.86. The molecule has 0 radical (unpaired) electrons. The highest BCUT2D eigenvalue weighted by atomic mass is 19.4. The Morgan fingerprint density at radius 1 is 1.25 bits per heavy atom. The molecule has 0 spiro atoms. The largest absolute Gasteiger partial charge is 0.573 e. The number of ether oxygens (including phenoxy) is 1. The first-order valence-electron chi connectivity index (χ1n) is 4.67. The molecule has 16 heavy (non-hydrogen) atoms. The van der Waals surface area contributed by atoms with Gasteiger partial charge in [-0.2, -0.15) is 0 Å². The zero-order chi connectivity index (χ0) is 12.0. The van der Waals surface area contributed by atoms with Crippen molar-refractivity contribution >= 4 is 5.69 Å². The van der Waals surface area contributed by atoms with Crippen LogP contribution in [0.15, 0.2) is 24.3 Å². The fourth-order valence-corrected chi connectivity index (χ4v) is 1.10. The van der Waals surface area contributed by atoms with Crippen molar-refractivity contribution in [3.63, 3.8) is 0 Å². The van der Waals surface area contributed by atoms with Crippen LogP contribution in [0.1, 0.15) is 6.42 Å². The molecule has 2 nitrogen and oxygen atoms in total. The van der Waals surface area contributed by atoms with E-state index in [0.717, 1.165) is 0 Å². The summed E-state index contributed by atoms with van der Waals surface area (Å²) in [5, 5.41) is 2.78. The summed E-state index contributed by atoms with van der Waals surface area (Å²) >= 11 is 0. The normalized spacial score (nSPS) is 11.2. The summed E-state index contributed by atoms with van der Waals surface area (Å²) in [4.78, 5) is 0. The van der Waals surface area contributed by atoms with Crippen LogP contribution < -0.4 is 10.1 Å². The molecule has 0 bridgehead atoms. The Balaban J connectivity index is 2.57. The number of anilines is 1. The summed E-state index contributed by atoms with van der Waals surface area (Å²) < 4.78 is 51.2. The second-order valence-electron chi connectivity index (χ2n) is 3.04. The molecular weight excluding hydrogens is 226 g/mol. The maximum Gasteiger partial charge on any atom is 0.573 e. The summed E-state index contributed by atoms with van der Waals surface area (Å²) in [6, 6.07) is 5.43. The molecular formula is C10H11F4NO. The lowest BCUT2D eigenvalue weighted by Gasteiger charge is -2.10. The van der Waals surface area contributed by atoms with Crippen molar-refractivity contribution in [3.05, 3.63) is 24.3 Å². The van der Waals surface area contributed by atoms with Crippen molar-refractivity contribution in [1.29, 1.82) is 0 Å². The van der Waals surface area contributed by atoms with Crippen LogP contribution >= 0.6 is 0 Å². The highest BCUT2D eigenvalue weighted by Gasteiger charge is 2.31. The van der Waals surface area contributed by atoms with E-state index in [2.05, 4.69) is 10.1 Å². The summed E-state index contributed by atoms with van der Waals surface area (Å²) in [5.74, 6) is -0.294. The van der Waals surface area contributed by atoms with Gasteiger partial charge in [0.1, 0.15) is 5.75 Å². The maximum atomic E-state index is 11.9. The van der Waals surface area contributed by atoms with E-state index in [9.17, 15) is 17.6 Å². The average molecular weight is 237 g/mol. The van der Waals surface area contributed by atoms with E-state index in [1.54, 1.807) is 6.07 Å². The summed E-state index contributed by atoms with van der Waals surface area (Å²) in [5.41, 5.74) is 0.468. The summed E-state index contributed by atoms with van der Waals surface area (Å²) in [6.45, 7) is -0.0995. The van der Waals surface area contributed by atoms with E-state index in [1.165, 1.54) is 18.2 Å². The van der Waals surface area contributed by atoms with Crippen molar-refractivity contribution < 1.29 is 22.3 Å². The molecule has 0 aromatic heterocycles. The Labute approximate surface area is 90.2 Å². The van der Waals surface area contributed by atoms with Crippen LogP contribution in [-0.4, -0.2) is 19.6 Å². The number of hydrogen-bond donors (Lipinski definition) is 1. The first-order valence-corrected chi connectivity index (χ1v) is 4.67. The van der Waals surface area contributed by atoms with Crippen molar-refractivity contribution in [2.45, 2.75) is 12.8 Å². The van der Waals surface area contributed by atoms with Gasteiger partial charge < -0.3 is 10.1 Å². The number of rotatable bonds is 5. The number of hydrogen-bond acceptors (Lipinski definition) is 2. The molecule has 0 aliphatic rings. The first-order chi connectivity index (χ1) is 7.51. The van der Waals surface area contributed by atoms with Gasteiger partial charge in [-0.05, 0) is 18.6 Å². The molecule has 1 aromatic carbocycles. The van der Waals surface area contributed by atoms with Crippen LogP contribution in [0, 0.1) is 0 Å². The van der Waals surface area contributed by atoms with Crippen LogP contribution in [0.25, 0.3) is 0 Å². The number of alkyl halides is 4. The third-order valence-electron chi connectivity index (χ3n) is 1.71. The van der Waals surface area contributed by atoms with Gasteiger partial charge in [0.05, 0.1) is 6.67 Å². The Kier molecular flexibility index (Phi) is 4.39. The third-order valence-corrected chi connectivity index (χ3v) is 1.71. The molecule has 0 aliphatic carbocycles. The van der Waals surface area contributed by atoms with Gasteiger partial charge >= 0.3 is 6.36 Å². The zero-order valence-corrected chi connectivity index (χ0v) is 8.35. The van der Waals surface area contributed by atoms with E-state index in [4.69, 9.17) is 0 Å². The minimum Gasteiger partial charge on any atom is -0.406 e. The van der Waals surface area contributed by atoms with Gasteiger partial charge in [-0.3, -0.25) is 4.39 Å². The Morgan fingerprint density at radius 3 is 2.62 bits per heavy atom. The van der Waals surface area contributed by atoms with Crippen molar-refractivity contribution in [2.75, 3.05) is 18.5 Å². The Morgan fingerprint density at radius 2 is 2.00 bits per heavy atom. The van der Waals surface area contributed by atoms with Crippen molar-refractivity contribution in [2.24, 2.45) is 0 Å². The monoisotopic (exact) mass is 237 g/mol. The SMILES string of the molecule is FCCCNc1cccc(OC(F)(F)F)c1. The molecule has 0 atom stereocenters. The fourth-order valence-electron chi connectivity index (χ4n) is 1.10. The van der Waals surface area contributed by atoms with E-state index in [0.29, 0.717) is 18.7 Å². The molecule has 0 saturated heterocycles. The van der Waals surface area contributed by atoms with Gasteiger partial charge in [-0.15, -0.1) is 13.2 Å². The van der Waals surface area contributed by atoms with Gasteiger partial charge in [0.25, 0.3) is 0 Å². The van der Waals surface area contributed by atoms with Gasteiger partial charge in [0.15, 0.2) is 0 Å². The van der Waals surface area contributed by atoms with E-state index in [1.807, 2.05) is 0 Å². The minimum absolute atomic E-state index is 0.294. The van der Waals surface area contributed by atoms with Crippen molar-refractivity contribution in [1.82, 2.24) is 0 Å².